The van der Waals surface area contributed by atoms with Crippen LogP contribution in [0.15, 0.2) is 30.3 Å². The molecule has 122 valence electrons. The summed E-state index contributed by atoms with van der Waals surface area (Å²) in [5, 5.41) is 0.672. The lowest BCUT2D eigenvalue weighted by molar-refractivity contribution is -0.134. The van der Waals surface area contributed by atoms with Crippen LogP contribution < -0.4 is 9.47 Å². The van der Waals surface area contributed by atoms with Crippen LogP contribution in [0.1, 0.15) is 30.0 Å². The zero-order valence-electron chi connectivity index (χ0n) is 13.3. The van der Waals surface area contributed by atoms with Crippen molar-refractivity contribution in [3.63, 3.8) is 0 Å². The van der Waals surface area contributed by atoms with Crippen LogP contribution in [0, 0.1) is 17.4 Å². The number of hydrogen-bond donors (Lipinski definition) is 0. The summed E-state index contributed by atoms with van der Waals surface area (Å²) >= 11 is 8.38. The molecule has 2 aromatic rings. The second-order valence-electron chi connectivity index (χ2n) is 5.20. The lowest BCUT2D eigenvalue weighted by atomic mass is 10.1. The van der Waals surface area contributed by atoms with Gasteiger partial charge in [-0.05, 0) is 65.8 Å². The Kier molecular flexibility index (Phi) is 6.30. The lowest BCUT2D eigenvalue weighted by Crippen LogP contribution is -2.09. The monoisotopic (exact) mass is 444 g/mol. The fraction of sp³-hybridized carbons (Fsp3) is 0.278. The predicted octanol–water partition coefficient (Wildman–Crippen LogP) is 5.46. The first-order valence-electron chi connectivity index (χ1n) is 7.30. The predicted molar refractivity (Wildman–Crippen MR) is 100 cm³/mol. The number of esters is 1. The van der Waals surface area contributed by atoms with E-state index in [0.717, 1.165) is 26.0 Å². The highest BCUT2D eigenvalue weighted by atomic mass is 127. The molecule has 5 heteroatoms. The van der Waals surface area contributed by atoms with E-state index in [0.29, 0.717) is 23.8 Å². The number of hydrogen-bond acceptors (Lipinski definition) is 3. The number of aryl methyl sites for hydroxylation is 2. The molecule has 0 heterocycles. The van der Waals surface area contributed by atoms with Gasteiger partial charge in [0.05, 0.1) is 0 Å². The summed E-state index contributed by atoms with van der Waals surface area (Å²) in [5.74, 6) is 1.01. The highest BCUT2D eigenvalue weighted by molar-refractivity contribution is 14.1. The van der Waals surface area contributed by atoms with E-state index in [1.807, 2.05) is 38.1 Å². The van der Waals surface area contributed by atoms with Crippen molar-refractivity contribution in [1.82, 2.24) is 0 Å². The molecule has 2 aromatic carbocycles. The van der Waals surface area contributed by atoms with Gasteiger partial charge in [-0.2, -0.15) is 0 Å². The Morgan fingerprint density at radius 3 is 2.61 bits per heavy atom. The van der Waals surface area contributed by atoms with Gasteiger partial charge in [-0.15, -0.1) is 0 Å². The van der Waals surface area contributed by atoms with Gasteiger partial charge in [0.2, 0.25) is 0 Å². The van der Waals surface area contributed by atoms with E-state index in [1.54, 1.807) is 13.0 Å². The van der Waals surface area contributed by atoms with E-state index >= 15 is 0 Å². The van der Waals surface area contributed by atoms with Crippen LogP contribution in [-0.4, -0.2) is 5.97 Å². The van der Waals surface area contributed by atoms with Crippen LogP contribution in [0.25, 0.3) is 0 Å². The first-order chi connectivity index (χ1) is 10.9. The van der Waals surface area contributed by atoms with E-state index in [2.05, 4.69) is 22.6 Å². The largest absolute Gasteiger partial charge is 0.488 e. The molecule has 0 spiro atoms. The SMILES string of the molecule is CCC(=O)Oc1cccc(I)c1COc1cc(Cl)c(C)cc1C. The molecule has 0 N–H and O–H groups in total. The third kappa shape index (κ3) is 4.61. The fourth-order valence-electron chi connectivity index (χ4n) is 2.08. The van der Waals surface area contributed by atoms with E-state index in [-0.39, 0.29) is 5.97 Å². The molecule has 0 fully saturated rings. The molecule has 0 aliphatic heterocycles. The summed E-state index contributed by atoms with van der Waals surface area (Å²) < 4.78 is 12.3. The molecule has 0 saturated carbocycles. The molecule has 0 bridgehead atoms. The van der Waals surface area contributed by atoms with Gasteiger partial charge in [-0.3, -0.25) is 4.79 Å². The molecule has 0 amide bonds. The molecule has 0 aliphatic rings. The lowest BCUT2D eigenvalue weighted by Gasteiger charge is -2.15. The Bertz CT molecular complexity index is 728. The average Bonchev–Trinajstić information content (AvgIpc) is 2.51. The van der Waals surface area contributed by atoms with E-state index in [4.69, 9.17) is 21.1 Å². The molecule has 0 unspecified atom stereocenters. The van der Waals surface area contributed by atoms with Gasteiger partial charge in [-0.1, -0.05) is 30.7 Å². The van der Waals surface area contributed by atoms with Crippen molar-refractivity contribution in [2.45, 2.75) is 33.8 Å². The van der Waals surface area contributed by atoms with Crippen molar-refractivity contribution in [3.05, 3.63) is 55.6 Å². The zero-order valence-corrected chi connectivity index (χ0v) is 16.2. The number of carbonyl (C=O) groups is 1. The van der Waals surface area contributed by atoms with Gasteiger partial charge >= 0.3 is 5.97 Å². The van der Waals surface area contributed by atoms with E-state index in [1.165, 1.54) is 0 Å². The minimum atomic E-state index is -0.261. The van der Waals surface area contributed by atoms with Gasteiger partial charge < -0.3 is 9.47 Å². The minimum Gasteiger partial charge on any atom is -0.488 e. The second-order valence-corrected chi connectivity index (χ2v) is 6.77. The third-order valence-electron chi connectivity index (χ3n) is 3.42. The number of ether oxygens (including phenoxy) is 2. The summed E-state index contributed by atoms with van der Waals surface area (Å²) in [6, 6.07) is 9.41. The summed E-state index contributed by atoms with van der Waals surface area (Å²) in [5.41, 5.74) is 2.89. The molecule has 3 nitrogen and oxygen atoms in total. The number of carbonyl (C=O) groups excluding carboxylic acids is 1. The van der Waals surface area contributed by atoms with Crippen LogP contribution >= 0.6 is 34.2 Å². The van der Waals surface area contributed by atoms with Crippen molar-refractivity contribution in [2.24, 2.45) is 0 Å². The highest BCUT2D eigenvalue weighted by Crippen LogP contribution is 2.30. The van der Waals surface area contributed by atoms with E-state index < -0.39 is 0 Å². The Labute approximate surface area is 155 Å². The Balaban J connectivity index is 2.23. The topological polar surface area (TPSA) is 35.5 Å². The van der Waals surface area contributed by atoms with Gasteiger partial charge in [0.1, 0.15) is 18.1 Å². The summed E-state index contributed by atoms with van der Waals surface area (Å²) in [7, 11) is 0. The van der Waals surface area contributed by atoms with Crippen LogP contribution in [0.3, 0.4) is 0 Å². The Hall–Kier alpha value is -1.27. The first kappa shape index (κ1) is 18.1. The maximum Gasteiger partial charge on any atom is 0.310 e. The molecule has 0 aliphatic carbocycles. The van der Waals surface area contributed by atoms with Crippen molar-refractivity contribution >= 4 is 40.2 Å². The third-order valence-corrected chi connectivity index (χ3v) is 4.83. The van der Waals surface area contributed by atoms with Crippen LogP contribution in [0.4, 0.5) is 0 Å². The van der Waals surface area contributed by atoms with E-state index in [9.17, 15) is 4.79 Å². The van der Waals surface area contributed by atoms with Crippen molar-refractivity contribution in [3.8, 4) is 11.5 Å². The van der Waals surface area contributed by atoms with Gasteiger partial charge in [-0.25, -0.2) is 0 Å². The first-order valence-corrected chi connectivity index (χ1v) is 8.75. The van der Waals surface area contributed by atoms with Crippen LogP contribution in [-0.2, 0) is 11.4 Å². The highest BCUT2D eigenvalue weighted by Gasteiger charge is 2.13. The summed E-state index contributed by atoms with van der Waals surface area (Å²) in [4.78, 5) is 11.6. The Morgan fingerprint density at radius 2 is 1.91 bits per heavy atom. The molecular weight excluding hydrogens is 427 g/mol. The van der Waals surface area contributed by atoms with Gasteiger partial charge in [0.25, 0.3) is 0 Å². The van der Waals surface area contributed by atoms with Crippen molar-refractivity contribution in [2.75, 3.05) is 0 Å². The van der Waals surface area contributed by atoms with Gasteiger partial charge in [0, 0.05) is 20.6 Å². The average molecular weight is 445 g/mol. The number of benzene rings is 2. The standard InChI is InChI=1S/C18H18ClIO3/c1-4-18(21)23-16-7-5-6-15(20)13(16)10-22-17-9-14(19)11(2)8-12(17)3/h5-9H,4,10H2,1-3H3. The van der Waals surface area contributed by atoms with Crippen molar-refractivity contribution < 1.29 is 14.3 Å². The van der Waals surface area contributed by atoms with Gasteiger partial charge in [0.15, 0.2) is 0 Å². The van der Waals surface area contributed by atoms with Crippen molar-refractivity contribution in [1.29, 1.82) is 0 Å². The molecule has 0 saturated heterocycles. The molecule has 0 atom stereocenters. The smallest absolute Gasteiger partial charge is 0.310 e. The molecule has 0 radical (unpaired) electrons. The fourth-order valence-corrected chi connectivity index (χ4v) is 2.87. The molecular formula is C18H18ClIO3. The maximum atomic E-state index is 11.6. The zero-order chi connectivity index (χ0) is 17.0. The molecule has 0 aromatic heterocycles. The normalized spacial score (nSPS) is 10.5. The number of halogens is 2. The van der Waals surface area contributed by atoms with Crippen LogP contribution in [0.2, 0.25) is 5.02 Å². The summed E-state index contributed by atoms with van der Waals surface area (Å²) in [6.07, 6.45) is 0.332. The number of rotatable bonds is 5. The minimum absolute atomic E-state index is 0.261. The second kappa shape index (κ2) is 8.02. The van der Waals surface area contributed by atoms with Crippen LogP contribution in [0.5, 0.6) is 11.5 Å². The summed E-state index contributed by atoms with van der Waals surface area (Å²) in [6.45, 7) is 6.02. The quantitative estimate of drug-likeness (QED) is 0.349. The Morgan fingerprint density at radius 1 is 1.17 bits per heavy atom. The molecule has 2 rings (SSSR count). The molecule has 23 heavy (non-hydrogen) atoms. The maximum absolute atomic E-state index is 11.6.